The Hall–Kier alpha value is -3.49. The van der Waals surface area contributed by atoms with Crippen molar-refractivity contribution in [2.24, 2.45) is 35.5 Å². The molecule has 0 unspecified atom stereocenters. The van der Waals surface area contributed by atoms with E-state index in [2.05, 4.69) is 26.0 Å². The molecule has 5 rings (SSSR count). The van der Waals surface area contributed by atoms with Crippen LogP contribution in [0.4, 0.5) is 13.2 Å². The molecule has 0 aromatic rings. The summed E-state index contributed by atoms with van der Waals surface area (Å²) >= 11 is 0. The molecule has 2 heterocycles. The molecule has 0 aromatic carbocycles. The second-order valence-electron chi connectivity index (χ2n) is 14.9. The maximum atomic E-state index is 13.6. The number of aliphatic carboxylic acids is 1. The van der Waals surface area contributed by atoms with Gasteiger partial charge < -0.3 is 38.7 Å². The molecule has 12 atom stereocenters. The molecule has 5 aliphatic rings. The first-order valence-corrected chi connectivity index (χ1v) is 17.8. The van der Waals surface area contributed by atoms with Crippen molar-refractivity contribution in [1.82, 2.24) is 0 Å². The van der Waals surface area contributed by atoms with Crippen LogP contribution in [0.15, 0.2) is 47.6 Å². The molecule has 2 aliphatic heterocycles. The highest BCUT2D eigenvalue weighted by Crippen LogP contribution is 2.61. The van der Waals surface area contributed by atoms with Gasteiger partial charge in [-0.3, -0.25) is 4.79 Å². The quantitative estimate of drug-likeness (QED) is 0.204. The van der Waals surface area contributed by atoms with Crippen LogP contribution in [0.5, 0.6) is 0 Å². The van der Waals surface area contributed by atoms with E-state index in [1.807, 2.05) is 39.0 Å². The molecule has 1 saturated carbocycles. The summed E-state index contributed by atoms with van der Waals surface area (Å²) < 4.78 is 62.2. The number of hydrogen-bond donors (Lipinski definition) is 1. The van der Waals surface area contributed by atoms with Gasteiger partial charge in [-0.15, -0.1) is 0 Å². The van der Waals surface area contributed by atoms with E-state index in [0.29, 0.717) is 24.3 Å². The molecule has 1 spiro atoms. The summed E-state index contributed by atoms with van der Waals surface area (Å²) in [5, 5.41) is 20.7. The number of cyclic esters (lactones) is 1. The molecular weight excluding hydrogens is 689 g/mol. The van der Waals surface area contributed by atoms with E-state index in [1.165, 1.54) is 7.11 Å². The van der Waals surface area contributed by atoms with Gasteiger partial charge in [-0.1, -0.05) is 70.6 Å². The zero-order chi connectivity index (χ0) is 38.7. The number of methoxy groups -OCH3 is 1. The number of ether oxygens (including phenoxy) is 5. The molecule has 0 amide bonds. The van der Waals surface area contributed by atoms with Gasteiger partial charge in [0.1, 0.15) is 36.0 Å². The van der Waals surface area contributed by atoms with Gasteiger partial charge in [0.15, 0.2) is 6.10 Å². The summed E-state index contributed by atoms with van der Waals surface area (Å²) in [5.41, 5.74) is 0.519. The van der Waals surface area contributed by atoms with Gasteiger partial charge in [-0.05, 0) is 44.6 Å². The minimum absolute atomic E-state index is 0.183. The molecule has 1 saturated heterocycles. The molecule has 1 N–H and O–H groups in total. The van der Waals surface area contributed by atoms with Gasteiger partial charge in [-0.25, -0.2) is 9.59 Å². The van der Waals surface area contributed by atoms with Crippen LogP contribution in [0.25, 0.3) is 0 Å². The Kier molecular flexibility index (Phi) is 13.2. The number of esters is 3. The fourth-order valence-electron chi connectivity index (χ4n) is 8.27. The smallest absolute Gasteiger partial charge is 0.430 e. The van der Waals surface area contributed by atoms with Crippen LogP contribution >= 0.6 is 0 Å². The summed E-state index contributed by atoms with van der Waals surface area (Å²) in [4.78, 5) is 48.1. The van der Waals surface area contributed by atoms with Crippen molar-refractivity contribution in [2.45, 2.75) is 122 Å². The lowest BCUT2D eigenvalue weighted by molar-refractivity contribution is -0.344. The molecule has 11 nitrogen and oxygen atoms in total. The van der Waals surface area contributed by atoms with Crippen molar-refractivity contribution < 1.29 is 66.2 Å². The Labute approximate surface area is 302 Å². The standard InChI is InChI=1S/C36H50O9.C2HF3O2/c1-19(2)11-10-14-28(37)42-23(6)31-20(3)17-21(4)36-25(18-27(41-7)35(40)43-31)15-16-26-29(36)30(38)22(5)32(33(26)45-36)44-34(39)24-12-8-9-13-24;3-2(4,5)1(6)7/h8-9,12,15-17,19-20,22-23,25-27,29-33,38H,10-11,13-14,18H2,1-7H3;(H,6,7)/p-1/b21-17+;/t20-,22-,23-,25-,26-,27+,29+,30-,31+,32-,33-,36+;/m1./s1. The number of aliphatic hydroxyl groups excluding tert-OH is 1. The Morgan fingerprint density at radius 3 is 2.40 bits per heavy atom. The van der Waals surface area contributed by atoms with Gasteiger partial charge in [0.2, 0.25) is 0 Å². The van der Waals surface area contributed by atoms with Crippen LogP contribution in [0.1, 0.15) is 73.6 Å². The maximum absolute atomic E-state index is 13.6. The molecule has 2 fully saturated rings. The predicted octanol–water partition coefficient (Wildman–Crippen LogP) is 4.32. The van der Waals surface area contributed by atoms with E-state index in [1.54, 1.807) is 13.0 Å². The van der Waals surface area contributed by atoms with E-state index in [9.17, 15) is 32.7 Å². The summed E-state index contributed by atoms with van der Waals surface area (Å²) in [5.74, 6) is -5.29. The fourth-order valence-corrected chi connectivity index (χ4v) is 8.27. The van der Waals surface area contributed by atoms with Gasteiger partial charge in [0.05, 0.1) is 6.10 Å². The second-order valence-corrected chi connectivity index (χ2v) is 14.9. The summed E-state index contributed by atoms with van der Waals surface area (Å²) in [6.07, 6.45) is 4.92. The number of carboxylic acid groups (broad SMARTS) is 1. The molecule has 290 valence electrons. The topological polar surface area (TPSA) is 158 Å². The third-order valence-electron chi connectivity index (χ3n) is 10.9. The minimum atomic E-state index is -5.19. The van der Waals surface area contributed by atoms with E-state index in [4.69, 9.17) is 33.6 Å². The van der Waals surface area contributed by atoms with Crippen LogP contribution in [-0.2, 0) is 42.9 Å². The maximum Gasteiger partial charge on any atom is 0.430 e. The molecule has 4 bridgehead atoms. The lowest BCUT2D eigenvalue weighted by Crippen LogP contribution is -2.57. The molecule has 14 heteroatoms. The van der Waals surface area contributed by atoms with Crippen molar-refractivity contribution >= 4 is 23.9 Å². The first kappa shape index (κ1) is 41.3. The minimum Gasteiger partial charge on any atom is -0.542 e. The number of halogens is 3. The number of allylic oxidation sites excluding steroid dienone is 3. The van der Waals surface area contributed by atoms with Crippen LogP contribution < -0.4 is 5.11 Å². The molecular formula is C38H50F3O11-. The van der Waals surface area contributed by atoms with Crippen LogP contribution in [-0.4, -0.2) is 84.5 Å². The average molecular weight is 740 g/mol. The van der Waals surface area contributed by atoms with Crippen molar-refractivity contribution in [3.05, 3.63) is 47.6 Å². The van der Waals surface area contributed by atoms with Gasteiger partial charge in [-0.2, -0.15) is 13.2 Å². The van der Waals surface area contributed by atoms with E-state index in [0.717, 1.165) is 18.4 Å². The number of aliphatic hydroxyl groups is 1. The average Bonchev–Trinajstić information content (AvgIpc) is 3.66. The second kappa shape index (κ2) is 16.7. The van der Waals surface area contributed by atoms with Crippen LogP contribution in [0, 0.1) is 35.5 Å². The predicted molar refractivity (Wildman–Crippen MR) is 178 cm³/mol. The molecule has 0 radical (unpaired) electrons. The molecule has 3 aliphatic carbocycles. The van der Waals surface area contributed by atoms with Crippen molar-refractivity contribution in [3.8, 4) is 0 Å². The van der Waals surface area contributed by atoms with Gasteiger partial charge in [0.25, 0.3) is 0 Å². The lowest BCUT2D eigenvalue weighted by atomic mass is 9.57. The molecule has 52 heavy (non-hydrogen) atoms. The highest BCUT2D eigenvalue weighted by molar-refractivity contribution is 5.90. The third kappa shape index (κ3) is 8.65. The highest BCUT2D eigenvalue weighted by Gasteiger charge is 2.69. The summed E-state index contributed by atoms with van der Waals surface area (Å²) in [7, 11) is 1.48. The highest BCUT2D eigenvalue weighted by atomic mass is 19.4. The Morgan fingerprint density at radius 1 is 1.15 bits per heavy atom. The van der Waals surface area contributed by atoms with Crippen molar-refractivity contribution in [3.63, 3.8) is 0 Å². The number of carbonyl (C=O) groups excluding carboxylic acids is 4. The normalized spacial score (nSPS) is 36.7. The summed E-state index contributed by atoms with van der Waals surface area (Å²) in [6.45, 7) is 11.8. The zero-order valence-electron chi connectivity index (χ0n) is 30.6. The Balaban J connectivity index is 0.000000785. The van der Waals surface area contributed by atoms with E-state index < -0.39 is 66.3 Å². The monoisotopic (exact) mass is 739 g/mol. The van der Waals surface area contributed by atoms with E-state index in [-0.39, 0.29) is 42.0 Å². The SMILES string of the molecule is CO[C@H]1C[C@H]2C=C[C@H]3[C@H]4O[C@]2(/C(C)=C/[C@@H](C)[C@@H]([C@@H](C)OC(=O)CCCC(C)C)OC1=O)[C@@H]3[C@H](O)[C@@H](C)[C@H]4OC(=O)C1=CC=CC1.O=C([O-])C(F)(F)F. The Bertz CT molecular complexity index is 1470. The van der Waals surface area contributed by atoms with Gasteiger partial charge in [0, 0.05) is 48.7 Å². The van der Waals surface area contributed by atoms with Crippen LogP contribution in [0.3, 0.4) is 0 Å². The number of carbonyl (C=O) groups is 4. The largest absolute Gasteiger partial charge is 0.542 e. The lowest BCUT2D eigenvalue weighted by Gasteiger charge is -2.49. The third-order valence-corrected chi connectivity index (χ3v) is 10.9. The molecule has 0 aromatic heterocycles. The first-order chi connectivity index (χ1) is 24.3. The number of carboxylic acids is 1. The summed E-state index contributed by atoms with van der Waals surface area (Å²) in [6, 6.07) is 0. The zero-order valence-corrected chi connectivity index (χ0v) is 30.6. The first-order valence-electron chi connectivity index (χ1n) is 17.8. The Morgan fingerprint density at radius 2 is 1.83 bits per heavy atom. The van der Waals surface area contributed by atoms with Crippen molar-refractivity contribution in [1.29, 1.82) is 0 Å². The fraction of sp³-hybridized carbons (Fsp3) is 0.684. The number of hydrogen-bond acceptors (Lipinski definition) is 11. The van der Waals surface area contributed by atoms with Crippen LogP contribution in [0.2, 0.25) is 0 Å². The van der Waals surface area contributed by atoms with Gasteiger partial charge >= 0.3 is 24.1 Å². The van der Waals surface area contributed by atoms with E-state index >= 15 is 0 Å². The number of alkyl halides is 3. The number of rotatable bonds is 9. The van der Waals surface area contributed by atoms with Crippen molar-refractivity contribution in [2.75, 3.05) is 7.11 Å².